The molecule has 0 bridgehead atoms. The summed E-state index contributed by atoms with van der Waals surface area (Å²) in [6, 6.07) is 1.66. The van der Waals surface area contributed by atoms with Gasteiger partial charge in [0.1, 0.15) is 22.3 Å². The van der Waals surface area contributed by atoms with Gasteiger partial charge in [0.25, 0.3) is 5.91 Å². The number of ether oxygens (including phenoxy) is 1. The van der Waals surface area contributed by atoms with Gasteiger partial charge in [-0.1, -0.05) is 6.92 Å². The average molecular weight is 495 g/mol. The van der Waals surface area contributed by atoms with Crippen LogP contribution in [0.1, 0.15) is 38.2 Å². The number of rotatable bonds is 6. The number of carbonyl (C=O) groups is 1. The number of hydrogen-bond donors (Lipinski definition) is 0. The highest BCUT2D eigenvalue weighted by molar-refractivity contribution is 7.90. The summed E-state index contributed by atoms with van der Waals surface area (Å²) < 4.78 is 57.3. The van der Waals surface area contributed by atoms with Crippen LogP contribution in [-0.4, -0.2) is 67.2 Å². The fourth-order valence-electron chi connectivity index (χ4n) is 4.53. The van der Waals surface area contributed by atoms with Crippen LogP contribution in [0, 0.1) is 11.6 Å². The maximum absolute atomic E-state index is 14.2. The first-order chi connectivity index (χ1) is 16.2. The van der Waals surface area contributed by atoms with Gasteiger partial charge in [0, 0.05) is 56.5 Å². The number of aromatic nitrogens is 2. The van der Waals surface area contributed by atoms with Crippen LogP contribution in [0.2, 0.25) is 0 Å². The molecule has 1 aromatic carbocycles. The number of sulfone groups is 1. The Morgan fingerprint density at radius 3 is 2.24 bits per heavy atom. The van der Waals surface area contributed by atoms with Crippen molar-refractivity contribution in [3.63, 3.8) is 0 Å². The molecule has 1 amide bonds. The van der Waals surface area contributed by atoms with Crippen molar-refractivity contribution in [1.82, 2.24) is 14.9 Å². The summed E-state index contributed by atoms with van der Waals surface area (Å²) in [6.07, 6.45) is 7.02. The number of likely N-dealkylation sites (tertiary alicyclic amines) is 1. The summed E-state index contributed by atoms with van der Waals surface area (Å²) in [5, 5.41) is 0. The highest BCUT2D eigenvalue weighted by Crippen LogP contribution is 2.29. The number of carbonyl (C=O) groups excluding carboxylic acids is 1. The molecule has 0 unspecified atom stereocenters. The average Bonchev–Trinajstić information content (AvgIpc) is 2.79. The molecule has 184 valence electrons. The highest BCUT2D eigenvalue weighted by Gasteiger charge is 2.36. The second kappa shape index (κ2) is 9.81. The summed E-state index contributed by atoms with van der Waals surface area (Å²) in [4.78, 5) is 24.9. The SMILES string of the molecule is CCc1cnc(N2CCC(N3CCC[C@H](Oc4cc(F)c(S(C)(=O)=O)c(F)c4)C3=O)CC2)nc1. The molecule has 2 aliphatic heterocycles. The Hall–Kier alpha value is -2.82. The number of anilines is 1. The Kier molecular flexibility index (Phi) is 7.01. The molecule has 4 rings (SSSR count). The van der Waals surface area contributed by atoms with E-state index >= 15 is 0 Å². The Labute approximate surface area is 197 Å². The molecule has 2 fully saturated rings. The Bertz CT molecular complexity index is 1130. The van der Waals surface area contributed by atoms with Gasteiger partial charge in [0.2, 0.25) is 5.95 Å². The third-order valence-corrected chi connectivity index (χ3v) is 7.46. The van der Waals surface area contributed by atoms with Crippen LogP contribution in [0.3, 0.4) is 0 Å². The zero-order chi connectivity index (χ0) is 24.5. The van der Waals surface area contributed by atoms with E-state index in [-0.39, 0.29) is 17.7 Å². The molecule has 0 saturated carbocycles. The number of nitrogens with zero attached hydrogens (tertiary/aromatic N) is 4. The molecule has 0 spiro atoms. The second-order valence-corrected chi connectivity index (χ2v) is 10.7. The minimum absolute atomic E-state index is 0.0335. The lowest BCUT2D eigenvalue weighted by Crippen LogP contribution is -2.54. The van der Waals surface area contributed by atoms with Gasteiger partial charge in [-0.2, -0.15) is 0 Å². The molecular weight excluding hydrogens is 466 g/mol. The van der Waals surface area contributed by atoms with Crippen molar-refractivity contribution < 1.29 is 26.7 Å². The maximum Gasteiger partial charge on any atom is 0.263 e. The van der Waals surface area contributed by atoms with E-state index in [2.05, 4.69) is 14.9 Å². The Balaban J connectivity index is 1.40. The van der Waals surface area contributed by atoms with Gasteiger partial charge in [-0.05, 0) is 37.7 Å². The third kappa shape index (κ3) is 5.13. The zero-order valence-electron chi connectivity index (χ0n) is 19.2. The van der Waals surface area contributed by atoms with Crippen molar-refractivity contribution in [1.29, 1.82) is 0 Å². The predicted octanol–water partition coefficient (Wildman–Crippen LogP) is 2.76. The summed E-state index contributed by atoms with van der Waals surface area (Å²) in [5.74, 6) is -2.21. The van der Waals surface area contributed by atoms with E-state index in [0.29, 0.717) is 25.3 Å². The molecule has 2 saturated heterocycles. The summed E-state index contributed by atoms with van der Waals surface area (Å²) >= 11 is 0. The minimum atomic E-state index is -4.07. The lowest BCUT2D eigenvalue weighted by atomic mass is 9.98. The van der Waals surface area contributed by atoms with Crippen LogP contribution in [0.5, 0.6) is 5.75 Å². The van der Waals surface area contributed by atoms with Crippen molar-refractivity contribution in [2.75, 3.05) is 30.8 Å². The fourth-order valence-corrected chi connectivity index (χ4v) is 5.36. The molecule has 0 radical (unpaired) electrons. The van der Waals surface area contributed by atoms with Crippen LogP contribution >= 0.6 is 0 Å². The van der Waals surface area contributed by atoms with E-state index in [1.165, 1.54) is 0 Å². The van der Waals surface area contributed by atoms with Crippen molar-refractivity contribution in [2.45, 2.75) is 56.1 Å². The lowest BCUT2D eigenvalue weighted by Gasteiger charge is -2.42. The summed E-state index contributed by atoms with van der Waals surface area (Å²) in [6.45, 7) is 4.08. The monoisotopic (exact) mass is 494 g/mol. The number of hydrogen-bond acceptors (Lipinski definition) is 7. The van der Waals surface area contributed by atoms with Crippen LogP contribution < -0.4 is 9.64 Å². The summed E-state index contributed by atoms with van der Waals surface area (Å²) in [5.41, 5.74) is 1.08. The van der Waals surface area contributed by atoms with Crippen molar-refractivity contribution in [3.05, 3.63) is 41.7 Å². The Morgan fingerprint density at radius 2 is 1.68 bits per heavy atom. The molecule has 8 nitrogen and oxygen atoms in total. The first-order valence-corrected chi connectivity index (χ1v) is 13.3. The molecule has 0 aliphatic carbocycles. The molecular formula is C23H28F2N4O4S. The zero-order valence-corrected chi connectivity index (χ0v) is 20.0. The number of amides is 1. The topological polar surface area (TPSA) is 92.7 Å². The largest absolute Gasteiger partial charge is 0.480 e. The standard InChI is InChI=1S/C23H28F2N4O4S/c1-3-15-13-26-23(27-14-15)28-9-6-16(7-10-28)29-8-4-5-20(22(29)30)33-17-11-18(24)21(19(25)12-17)34(2,31)32/h11-14,16,20H,3-10H2,1-2H3/t20-/m0/s1. The molecule has 0 N–H and O–H groups in total. The van der Waals surface area contributed by atoms with Crippen LogP contribution in [0.15, 0.2) is 29.4 Å². The van der Waals surface area contributed by atoms with Gasteiger partial charge >= 0.3 is 0 Å². The van der Waals surface area contributed by atoms with Crippen LogP contribution in [0.4, 0.5) is 14.7 Å². The molecule has 1 aromatic heterocycles. The summed E-state index contributed by atoms with van der Waals surface area (Å²) in [7, 11) is -4.07. The van der Waals surface area contributed by atoms with Crippen molar-refractivity contribution in [3.8, 4) is 5.75 Å². The van der Waals surface area contributed by atoms with E-state index in [1.54, 1.807) is 4.90 Å². The number of halogens is 2. The lowest BCUT2D eigenvalue weighted by molar-refractivity contribution is -0.145. The van der Waals surface area contributed by atoms with Gasteiger partial charge in [-0.15, -0.1) is 0 Å². The first-order valence-electron chi connectivity index (χ1n) is 11.4. The van der Waals surface area contributed by atoms with Gasteiger partial charge < -0.3 is 14.5 Å². The fraction of sp³-hybridized carbons (Fsp3) is 0.522. The predicted molar refractivity (Wildman–Crippen MR) is 121 cm³/mol. The Morgan fingerprint density at radius 1 is 1.06 bits per heavy atom. The molecule has 11 heteroatoms. The van der Waals surface area contributed by atoms with E-state index < -0.39 is 32.5 Å². The minimum Gasteiger partial charge on any atom is -0.480 e. The molecule has 2 aliphatic rings. The molecule has 2 aromatic rings. The smallest absolute Gasteiger partial charge is 0.263 e. The van der Waals surface area contributed by atoms with Gasteiger partial charge in [0.05, 0.1) is 0 Å². The number of benzene rings is 1. The quantitative estimate of drug-likeness (QED) is 0.610. The van der Waals surface area contributed by atoms with Gasteiger partial charge in [-0.3, -0.25) is 4.79 Å². The van der Waals surface area contributed by atoms with Crippen LogP contribution in [0.25, 0.3) is 0 Å². The maximum atomic E-state index is 14.2. The molecule has 34 heavy (non-hydrogen) atoms. The van der Waals surface area contributed by atoms with Crippen molar-refractivity contribution in [2.24, 2.45) is 0 Å². The number of aryl methyl sites for hydroxylation is 1. The highest BCUT2D eigenvalue weighted by atomic mass is 32.2. The van der Waals surface area contributed by atoms with E-state index in [9.17, 15) is 22.0 Å². The van der Waals surface area contributed by atoms with Crippen molar-refractivity contribution >= 4 is 21.7 Å². The van der Waals surface area contributed by atoms with E-state index in [1.807, 2.05) is 19.3 Å². The van der Waals surface area contributed by atoms with Gasteiger partial charge in [0.15, 0.2) is 15.9 Å². The third-order valence-electron chi connectivity index (χ3n) is 6.33. The van der Waals surface area contributed by atoms with Crippen LogP contribution in [-0.2, 0) is 21.1 Å². The number of piperidine rings is 2. The van der Waals surface area contributed by atoms with E-state index in [0.717, 1.165) is 56.3 Å². The van der Waals surface area contributed by atoms with E-state index in [4.69, 9.17) is 4.74 Å². The first kappa shape index (κ1) is 24.3. The molecule has 1 atom stereocenters. The normalized spacial score (nSPS) is 20.0. The second-order valence-electron chi connectivity index (χ2n) is 8.73. The van der Waals surface area contributed by atoms with Gasteiger partial charge in [-0.25, -0.2) is 27.2 Å². The molecule has 3 heterocycles.